The van der Waals surface area contributed by atoms with Crippen molar-refractivity contribution in [3.63, 3.8) is 0 Å². The van der Waals surface area contributed by atoms with E-state index in [4.69, 9.17) is 16.7 Å². The molecule has 0 radical (unpaired) electrons. The second kappa shape index (κ2) is 8.92. The van der Waals surface area contributed by atoms with Crippen LogP contribution in [0.5, 0.6) is 0 Å². The fourth-order valence-corrected chi connectivity index (χ4v) is 5.84. The maximum atomic E-state index is 14.0. The van der Waals surface area contributed by atoms with Crippen molar-refractivity contribution in [1.82, 2.24) is 0 Å². The van der Waals surface area contributed by atoms with E-state index in [2.05, 4.69) is 31.9 Å². The largest absolute Gasteiger partial charge is 0.288 e. The average molecular weight is 612 g/mol. The van der Waals surface area contributed by atoms with Gasteiger partial charge in [-0.15, -0.1) is 0 Å². The molecule has 33 heavy (non-hydrogen) atoms. The smallest absolute Gasteiger partial charge is 0.238 e. The molecule has 0 amide bonds. The summed E-state index contributed by atoms with van der Waals surface area (Å²) in [4.78, 5) is 13.6. The standard InChI is InChI=1S/C24H15Br2ClFNO3S/c1-12-5-8-21(33(29,31)32)16(9-12)17-11-15-14(3-2-4-19(15)25)23(26)22(17)24(30)18-10-13(28)6-7-20(18)27/h2-11H,1H3,(H2,29,31,32). The molecule has 0 atom stereocenters. The average Bonchev–Trinajstić information content (AvgIpc) is 2.74. The number of sulfonamides is 1. The van der Waals surface area contributed by atoms with Crippen LogP contribution in [0.1, 0.15) is 21.5 Å². The topological polar surface area (TPSA) is 77.2 Å². The first-order valence-corrected chi connectivity index (χ1v) is 13.0. The van der Waals surface area contributed by atoms with E-state index in [0.29, 0.717) is 15.4 Å². The van der Waals surface area contributed by atoms with Crippen molar-refractivity contribution in [3.8, 4) is 11.1 Å². The highest BCUT2D eigenvalue weighted by Crippen LogP contribution is 2.42. The van der Waals surface area contributed by atoms with E-state index in [0.717, 1.165) is 27.6 Å². The number of benzene rings is 4. The Bertz CT molecular complexity index is 1570. The van der Waals surface area contributed by atoms with Crippen LogP contribution in [-0.2, 0) is 10.0 Å². The fourth-order valence-electron chi connectivity index (χ4n) is 3.69. The highest BCUT2D eigenvalue weighted by atomic mass is 79.9. The summed E-state index contributed by atoms with van der Waals surface area (Å²) in [6.45, 7) is 1.80. The lowest BCUT2D eigenvalue weighted by Gasteiger charge is -2.18. The van der Waals surface area contributed by atoms with Gasteiger partial charge in [0.15, 0.2) is 5.78 Å². The Kier molecular flexibility index (Phi) is 6.50. The molecule has 0 aromatic heterocycles. The van der Waals surface area contributed by atoms with Crippen LogP contribution >= 0.6 is 43.5 Å². The summed E-state index contributed by atoms with van der Waals surface area (Å²) in [6, 6.07) is 15.4. The molecule has 0 aliphatic heterocycles. The summed E-state index contributed by atoms with van der Waals surface area (Å²) in [5.41, 5.74) is 1.44. The normalized spacial score (nSPS) is 11.7. The van der Waals surface area contributed by atoms with E-state index in [-0.39, 0.29) is 26.6 Å². The van der Waals surface area contributed by atoms with Gasteiger partial charge in [-0.1, -0.05) is 57.4 Å². The van der Waals surface area contributed by atoms with Crippen molar-refractivity contribution in [2.45, 2.75) is 11.8 Å². The molecule has 2 N–H and O–H groups in total. The van der Waals surface area contributed by atoms with Crippen LogP contribution in [0.4, 0.5) is 4.39 Å². The Morgan fingerprint density at radius 2 is 1.70 bits per heavy atom. The minimum absolute atomic E-state index is 0.0437. The third-order valence-corrected chi connectivity index (χ3v) is 8.01. The number of primary sulfonamides is 1. The maximum Gasteiger partial charge on any atom is 0.238 e. The number of ketones is 1. The van der Waals surface area contributed by atoms with Crippen LogP contribution < -0.4 is 5.14 Å². The molecular weight excluding hydrogens is 597 g/mol. The van der Waals surface area contributed by atoms with Crippen molar-refractivity contribution >= 4 is 70.0 Å². The van der Waals surface area contributed by atoms with Gasteiger partial charge in [0.2, 0.25) is 10.0 Å². The summed E-state index contributed by atoms with van der Waals surface area (Å²) in [5.74, 6) is -1.19. The first kappa shape index (κ1) is 24.0. The Morgan fingerprint density at radius 1 is 0.970 bits per heavy atom. The molecule has 4 aromatic rings. The van der Waals surface area contributed by atoms with Gasteiger partial charge < -0.3 is 0 Å². The zero-order chi connectivity index (χ0) is 24.1. The summed E-state index contributed by atoms with van der Waals surface area (Å²) < 4.78 is 40.0. The van der Waals surface area contributed by atoms with E-state index in [9.17, 15) is 17.6 Å². The van der Waals surface area contributed by atoms with Gasteiger partial charge in [0.05, 0.1) is 9.92 Å². The van der Waals surface area contributed by atoms with E-state index in [1.54, 1.807) is 25.1 Å². The third kappa shape index (κ3) is 4.50. The number of carbonyl (C=O) groups is 1. The van der Waals surface area contributed by atoms with Gasteiger partial charge in [-0.05, 0) is 75.6 Å². The SMILES string of the molecule is Cc1ccc(S(N)(=O)=O)c(-c2cc3c(Br)cccc3c(Br)c2C(=O)c2cc(F)ccc2Cl)c1. The number of hydrogen-bond acceptors (Lipinski definition) is 3. The molecule has 4 nitrogen and oxygen atoms in total. The van der Waals surface area contributed by atoms with Crippen molar-refractivity contribution in [1.29, 1.82) is 0 Å². The quantitative estimate of drug-likeness (QED) is 0.252. The lowest BCUT2D eigenvalue weighted by molar-refractivity contribution is 0.103. The van der Waals surface area contributed by atoms with Crippen molar-refractivity contribution in [2.75, 3.05) is 0 Å². The van der Waals surface area contributed by atoms with Gasteiger partial charge in [0.1, 0.15) is 5.82 Å². The van der Waals surface area contributed by atoms with Gasteiger partial charge in [-0.25, -0.2) is 17.9 Å². The van der Waals surface area contributed by atoms with Crippen LogP contribution in [0.25, 0.3) is 21.9 Å². The van der Waals surface area contributed by atoms with Crippen LogP contribution in [0.15, 0.2) is 74.5 Å². The number of nitrogens with two attached hydrogens (primary N) is 1. The third-order valence-electron chi connectivity index (χ3n) is 5.20. The molecule has 0 fully saturated rings. The highest BCUT2D eigenvalue weighted by molar-refractivity contribution is 9.11. The van der Waals surface area contributed by atoms with Crippen molar-refractivity contribution in [3.05, 3.63) is 97.1 Å². The Morgan fingerprint density at radius 3 is 2.39 bits per heavy atom. The highest BCUT2D eigenvalue weighted by Gasteiger charge is 2.26. The van der Waals surface area contributed by atoms with Gasteiger partial charge in [0.25, 0.3) is 0 Å². The first-order chi connectivity index (χ1) is 15.5. The number of rotatable bonds is 4. The lowest BCUT2D eigenvalue weighted by atomic mass is 9.90. The Labute approximate surface area is 211 Å². The molecule has 0 spiro atoms. The minimum Gasteiger partial charge on any atom is -0.288 e. The van der Waals surface area contributed by atoms with Gasteiger partial charge in [-0.3, -0.25) is 4.79 Å². The van der Waals surface area contributed by atoms with Crippen LogP contribution in [0.2, 0.25) is 5.02 Å². The van der Waals surface area contributed by atoms with Gasteiger partial charge in [-0.2, -0.15) is 0 Å². The van der Waals surface area contributed by atoms with Crippen LogP contribution in [0, 0.1) is 12.7 Å². The van der Waals surface area contributed by atoms with Crippen LogP contribution in [-0.4, -0.2) is 14.2 Å². The number of aryl methyl sites for hydroxylation is 1. The zero-order valence-electron chi connectivity index (χ0n) is 17.0. The molecule has 0 aliphatic rings. The first-order valence-electron chi connectivity index (χ1n) is 9.53. The molecule has 4 rings (SSSR count). The lowest BCUT2D eigenvalue weighted by Crippen LogP contribution is -2.15. The molecule has 168 valence electrons. The Balaban J connectivity index is 2.18. The van der Waals surface area contributed by atoms with E-state index >= 15 is 0 Å². The molecule has 0 bridgehead atoms. The van der Waals surface area contributed by atoms with E-state index < -0.39 is 21.6 Å². The second-order valence-corrected chi connectivity index (χ2v) is 11.0. The number of hydrogen-bond donors (Lipinski definition) is 1. The summed E-state index contributed by atoms with van der Waals surface area (Å²) in [7, 11) is -4.12. The predicted molar refractivity (Wildman–Crippen MR) is 136 cm³/mol. The van der Waals surface area contributed by atoms with Crippen LogP contribution in [0.3, 0.4) is 0 Å². The minimum atomic E-state index is -4.12. The van der Waals surface area contributed by atoms with Crippen molar-refractivity contribution < 1.29 is 17.6 Å². The molecule has 0 unspecified atom stereocenters. The molecule has 0 saturated carbocycles. The van der Waals surface area contributed by atoms with Gasteiger partial charge >= 0.3 is 0 Å². The second-order valence-electron chi connectivity index (χ2n) is 7.45. The molecule has 4 aromatic carbocycles. The molecular formula is C24H15Br2ClFNO3S. The molecule has 0 aliphatic carbocycles. The summed E-state index contributed by atoms with van der Waals surface area (Å²) in [6.07, 6.45) is 0. The zero-order valence-corrected chi connectivity index (χ0v) is 21.7. The van der Waals surface area contributed by atoms with Crippen molar-refractivity contribution in [2.24, 2.45) is 5.14 Å². The summed E-state index contributed by atoms with van der Waals surface area (Å²) >= 11 is 13.3. The Hall–Kier alpha value is -2.10. The predicted octanol–water partition coefficient (Wildman–Crippen LogP) is 7.01. The number of carbonyl (C=O) groups excluding carboxylic acids is 1. The van der Waals surface area contributed by atoms with E-state index in [1.165, 1.54) is 12.1 Å². The molecule has 0 heterocycles. The number of halogens is 4. The summed E-state index contributed by atoms with van der Waals surface area (Å²) in [5, 5.41) is 7.02. The van der Waals surface area contributed by atoms with E-state index in [1.807, 2.05) is 18.2 Å². The maximum absolute atomic E-state index is 14.0. The molecule has 0 saturated heterocycles. The number of fused-ring (bicyclic) bond motifs is 1. The molecule has 9 heteroatoms. The van der Waals surface area contributed by atoms with Gasteiger partial charge in [0, 0.05) is 25.6 Å². The monoisotopic (exact) mass is 609 g/mol. The fraction of sp³-hybridized carbons (Fsp3) is 0.0417.